The van der Waals surface area contributed by atoms with Gasteiger partial charge in [0.05, 0.1) is 12.0 Å². The second-order valence-corrected chi connectivity index (χ2v) is 9.27. The summed E-state index contributed by atoms with van der Waals surface area (Å²) in [7, 11) is -2.05. The van der Waals surface area contributed by atoms with Crippen molar-refractivity contribution in [1.82, 2.24) is 4.90 Å². The van der Waals surface area contributed by atoms with E-state index in [1.54, 1.807) is 19.2 Å². The Balaban J connectivity index is 1.38. The number of likely N-dealkylation sites (tertiary alicyclic amines) is 1. The van der Waals surface area contributed by atoms with Crippen LogP contribution in [0.3, 0.4) is 0 Å². The van der Waals surface area contributed by atoms with E-state index in [9.17, 15) is 13.2 Å². The van der Waals surface area contributed by atoms with Crippen molar-refractivity contribution in [2.24, 2.45) is 11.1 Å². The highest BCUT2D eigenvalue weighted by molar-refractivity contribution is 7.89. The lowest BCUT2D eigenvalue weighted by molar-refractivity contribution is -0.116. The van der Waals surface area contributed by atoms with Crippen LogP contribution in [-0.2, 0) is 21.2 Å². The molecule has 8 heteroatoms. The fourth-order valence-corrected chi connectivity index (χ4v) is 4.24. The predicted octanol–water partition coefficient (Wildman–Crippen LogP) is 2.63. The second kappa shape index (κ2) is 10.1. The zero-order chi connectivity index (χ0) is 21.6. The SMILES string of the molecule is COc1ccc(CC2CCN(CCC(=O)Nc3ccc(S(N)(=O)=O)cc3)CC2)cc1. The minimum Gasteiger partial charge on any atom is -0.497 e. The Morgan fingerprint density at radius 3 is 2.30 bits per heavy atom. The fraction of sp³-hybridized carbons (Fsp3) is 0.409. The highest BCUT2D eigenvalue weighted by Gasteiger charge is 2.20. The number of piperidine rings is 1. The number of hydrogen-bond acceptors (Lipinski definition) is 5. The molecule has 0 saturated carbocycles. The van der Waals surface area contributed by atoms with Crippen LogP contribution in [0.2, 0.25) is 0 Å². The minimum atomic E-state index is -3.73. The third kappa shape index (κ3) is 6.55. The number of carbonyl (C=O) groups is 1. The van der Waals surface area contributed by atoms with E-state index in [0.29, 0.717) is 18.0 Å². The molecule has 7 nitrogen and oxygen atoms in total. The number of anilines is 1. The molecule has 1 heterocycles. The number of amides is 1. The summed E-state index contributed by atoms with van der Waals surface area (Å²) >= 11 is 0. The number of nitrogens with zero attached hydrogens (tertiary/aromatic N) is 1. The molecule has 0 radical (unpaired) electrons. The fourth-order valence-electron chi connectivity index (χ4n) is 3.72. The number of methoxy groups -OCH3 is 1. The molecule has 0 spiro atoms. The predicted molar refractivity (Wildman–Crippen MR) is 117 cm³/mol. The average Bonchev–Trinajstić information content (AvgIpc) is 2.73. The Labute approximate surface area is 178 Å². The summed E-state index contributed by atoms with van der Waals surface area (Å²) in [6.45, 7) is 2.71. The topological polar surface area (TPSA) is 102 Å². The van der Waals surface area contributed by atoms with Gasteiger partial charge in [-0.3, -0.25) is 4.79 Å². The Bertz CT molecular complexity index is 935. The largest absolute Gasteiger partial charge is 0.497 e. The van der Waals surface area contributed by atoms with Gasteiger partial charge >= 0.3 is 0 Å². The van der Waals surface area contributed by atoms with Crippen LogP contribution in [0.1, 0.15) is 24.8 Å². The summed E-state index contributed by atoms with van der Waals surface area (Å²) in [4.78, 5) is 14.6. The van der Waals surface area contributed by atoms with Crippen LogP contribution < -0.4 is 15.2 Å². The summed E-state index contributed by atoms with van der Waals surface area (Å²) in [5, 5.41) is 7.88. The van der Waals surface area contributed by atoms with Crippen molar-refractivity contribution < 1.29 is 17.9 Å². The van der Waals surface area contributed by atoms with Crippen molar-refractivity contribution in [3.8, 4) is 5.75 Å². The molecule has 3 N–H and O–H groups in total. The van der Waals surface area contributed by atoms with E-state index in [4.69, 9.17) is 9.88 Å². The number of rotatable bonds is 8. The summed E-state index contributed by atoms with van der Waals surface area (Å²) in [6, 6.07) is 14.1. The molecule has 162 valence electrons. The maximum Gasteiger partial charge on any atom is 0.238 e. The van der Waals surface area contributed by atoms with Crippen LogP contribution in [0.5, 0.6) is 5.75 Å². The first-order valence-corrected chi connectivity index (χ1v) is 11.7. The second-order valence-electron chi connectivity index (χ2n) is 7.70. The molecule has 1 fully saturated rings. The zero-order valence-electron chi connectivity index (χ0n) is 17.2. The summed E-state index contributed by atoms with van der Waals surface area (Å²) in [6.07, 6.45) is 3.73. The Kier molecular flexibility index (Phi) is 7.47. The van der Waals surface area contributed by atoms with Gasteiger partial charge in [0, 0.05) is 18.7 Å². The maximum absolute atomic E-state index is 12.2. The van der Waals surface area contributed by atoms with Crippen molar-refractivity contribution in [2.45, 2.75) is 30.6 Å². The standard InChI is InChI=1S/C22H29N3O4S/c1-29-20-6-2-17(3-7-20)16-18-10-13-25(14-11-18)15-12-22(26)24-19-4-8-21(9-5-19)30(23,27)28/h2-9,18H,10-16H2,1H3,(H,24,26)(H2,23,27,28). The van der Waals surface area contributed by atoms with Gasteiger partial charge in [-0.05, 0) is 80.2 Å². The van der Waals surface area contributed by atoms with Crippen LogP contribution in [0, 0.1) is 5.92 Å². The van der Waals surface area contributed by atoms with Gasteiger partial charge < -0.3 is 15.0 Å². The van der Waals surface area contributed by atoms with Gasteiger partial charge in [-0.25, -0.2) is 13.6 Å². The zero-order valence-corrected chi connectivity index (χ0v) is 18.0. The number of nitrogens with two attached hydrogens (primary N) is 1. The first-order chi connectivity index (χ1) is 14.3. The first kappa shape index (κ1) is 22.3. The molecule has 0 aromatic heterocycles. The van der Waals surface area contributed by atoms with Crippen molar-refractivity contribution >= 4 is 21.6 Å². The monoisotopic (exact) mass is 431 g/mol. The molecule has 1 saturated heterocycles. The quantitative estimate of drug-likeness (QED) is 0.669. The van der Waals surface area contributed by atoms with Gasteiger partial charge in [0.2, 0.25) is 15.9 Å². The molecule has 30 heavy (non-hydrogen) atoms. The lowest BCUT2D eigenvalue weighted by Crippen LogP contribution is -2.36. The van der Waals surface area contributed by atoms with E-state index in [2.05, 4.69) is 22.3 Å². The molecule has 0 bridgehead atoms. The van der Waals surface area contributed by atoms with E-state index in [-0.39, 0.29) is 10.8 Å². The van der Waals surface area contributed by atoms with E-state index in [1.165, 1.54) is 17.7 Å². The molecule has 0 aliphatic carbocycles. The Morgan fingerprint density at radius 1 is 1.10 bits per heavy atom. The molecule has 1 aliphatic rings. The summed E-state index contributed by atoms with van der Waals surface area (Å²) in [5.74, 6) is 1.46. The highest BCUT2D eigenvalue weighted by atomic mass is 32.2. The molecular formula is C22H29N3O4S. The van der Waals surface area contributed by atoms with Crippen LogP contribution >= 0.6 is 0 Å². The van der Waals surface area contributed by atoms with Gasteiger partial charge in [-0.1, -0.05) is 12.1 Å². The molecule has 3 rings (SSSR count). The van der Waals surface area contributed by atoms with Gasteiger partial charge in [0.15, 0.2) is 0 Å². The number of ether oxygens (including phenoxy) is 1. The molecular weight excluding hydrogens is 402 g/mol. The van der Waals surface area contributed by atoms with Crippen molar-refractivity contribution in [1.29, 1.82) is 0 Å². The normalized spacial score (nSPS) is 15.7. The van der Waals surface area contributed by atoms with Crippen molar-refractivity contribution in [2.75, 3.05) is 32.1 Å². The Hall–Kier alpha value is -2.42. The molecule has 0 atom stereocenters. The van der Waals surface area contributed by atoms with Crippen LogP contribution in [0.25, 0.3) is 0 Å². The van der Waals surface area contributed by atoms with Crippen molar-refractivity contribution in [3.05, 3.63) is 54.1 Å². The van der Waals surface area contributed by atoms with Crippen LogP contribution in [-0.4, -0.2) is 46.0 Å². The smallest absolute Gasteiger partial charge is 0.238 e. The minimum absolute atomic E-state index is 0.0259. The molecule has 2 aromatic carbocycles. The highest BCUT2D eigenvalue weighted by Crippen LogP contribution is 2.23. The van der Waals surface area contributed by atoms with E-state index in [1.807, 2.05) is 12.1 Å². The summed E-state index contributed by atoms with van der Waals surface area (Å²) < 4.78 is 27.8. The summed E-state index contributed by atoms with van der Waals surface area (Å²) in [5.41, 5.74) is 1.90. The number of hydrogen-bond donors (Lipinski definition) is 2. The van der Waals surface area contributed by atoms with Gasteiger partial charge in [0.1, 0.15) is 5.75 Å². The lowest BCUT2D eigenvalue weighted by atomic mass is 9.90. The van der Waals surface area contributed by atoms with E-state index < -0.39 is 10.0 Å². The third-order valence-electron chi connectivity index (χ3n) is 5.51. The van der Waals surface area contributed by atoms with Gasteiger partial charge in [-0.2, -0.15) is 0 Å². The molecule has 1 aliphatic heterocycles. The number of benzene rings is 2. The van der Waals surface area contributed by atoms with Crippen molar-refractivity contribution in [3.63, 3.8) is 0 Å². The van der Waals surface area contributed by atoms with Gasteiger partial charge in [-0.15, -0.1) is 0 Å². The lowest BCUT2D eigenvalue weighted by Gasteiger charge is -2.31. The number of nitrogens with one attached hydrogen (secondary N) is 1. The third-order valence-corrected chi connectivity index (χ3v) is 6.44. The van der Waals surface area contributed by atoms with Gasteiger partial charge in [0.25, 0.3) is 0 Å². The Morgan fingerprint density at radius 2 is 1.73 bits per heavy atom. The molecule has 1 amide bonds. The average molecular weight is 432 g/mol. The first-order valence-electron chi connectivity index (χ1n) is 10.1. The molecule has 0 unspecified atom stereocenters. The van der Waals surface area contributed by atoms with E-state index >= 15 is 0 Å². The maximum atomic E-state index is 12.2. The van der Waals surface area contributed by atoms with Crippen LogP contribution in [0.4, 0.5) is 5.69 Å². The van der Waals surface area contributed by atoms with E-state index in [0.717, 1.165) is 44.6 Å². The number of sulfonamides is 1. The number of primary sulfonamides is 1. The molecule has 2 aromatic rings. The van der Waals surface area contributed by atoms with Crippen LogP contribution in [0.15, 0.2) is 53.4 Å². The number of carbonyl (C=O) groups excluding carboxylic acids is 1.